The highest BCUT2D eigenvalue weighted by molar-refractivity contribution is 5.37. The van der Waals surface area contributed by atoms with Gasteiger partial charge in [-0.25, -0.2) is 4.98 Å². The molecule has 0 aliphatic heterocycles. The molecule has 0 atom stereocenters. The summed E-state index contributed by atoms with van der Waals surface area (Å²) in [5.74, 6) is 0.890. The average Bonchev–Trinajstić information content (AvgIpc) is 2.96. The van der Waals surface area contributed by atoms with Crippen LogP contribution in [0.4, 0.5) is 5.95 Å². The molecule has 0 aliphatic rings. The lowest BCUT2D eigenvalue weighted by atomic mass is 10.2. The summed E-state index contributed by atoms with van der Waals surface area (Å²) < 4.78 is 1.34. The van der Waals surface area contributed by atoms with Crippen molar-refractivity contribution in [3.05, 3.63) is 58.0 Å². The van der Waals surface area contributed by atoms with Crippen LogP contribution in [0.3, 0.4) is 0 Å². The summed E-state index contributed by atoms with van der Waals surface area (Å²) in [6, 6.07) is 11.8. The molecule has 0 fully saturated rings. The molecular weight excluding hydrogens is 292 g/mol. The highest BCUT2D eigenvalue weighted by Gasteiger charge is 2.08. The highest BCUT2D eigenvalue weighted by Crippen LogP contribution is 2.05. The number of hydrogen-bond donors (Lipinski definition) is 3. The summed E-state index contributed by atoms with van der Waals surface area (Å²) in [6.07, 6.45) is 0. The Morgan fingerprint density at radius 1 is 1.17 bits per heavy atom. The van der Waals surface area contributed by atoms with Gasteiger partial charge in [-0.05, 0) is 5.56 Å². The largest absolute Gasteiger partial charge is 0.351 e. The molecule has 2 heterocycles. The van der Waals surface area contributed by atoms with Gasteiger partial charge in [-0.3, -0.25) is 9.89 Å². The van der Waals surface area contributed by atoms with Crippen molar-refractivity contribution in [2.75, 3.05) is 5.32 Å². The first-order chi connectivity index (χ1) is 11.1. The Labute approximate surface area is 133 Å². The maximum Gasteiger partial charge on any atom is 0.274 e. The molecular formula is C16H20N6O. The summed E-state index contributed by atoms with van der Waals surface area (Å²) >= 11 is 0. The Hall–Kier alpha value is -2.67. The van der Waals surface area contributed by atoms with Crippen LogP contribution < -0.4 is 16.2 Å². The van der Waals surface area contributed by atoms with E-state index in [1.54, 1.807) is 0 Å². The Morgan fingerprint density at radius 2 is 1.96 bits per heavy atom. The third kappa shape index (κ3) is 3.75. The summed E-state index contributed by atoms with van der Waals surface area (Å²) in [4.78, 5) is 20.9. The lowest BCUT2D eigenvalue weighted by Crippen LogP contribution is -2.24. The molecule has 3 N–H and O–H groups in total. The maximum atomic E-state index is 12.1. The molecule has 0 spiro atoms. The minimum Gasteiger partial charge on any atom is -0.351 e. The molecule has 7 heteroatoms. The molecule has 0 aliphatic carbocycles. The van der Waals surface area contributed by atoms with E-state index in [4.69, 9.17) is 0 Å². The van der Waals surface area contributed by atoms with E-state index in [-0.39, 0.29) is 5.56 Å². The molecule has 3 rings (SSSR count). The van der Waals surface area contributed by atoms with E-state index in [1.165, 1.54) is 10.6 Å². The lowest BCUT2D eigenvalue weighted by Gasteiger charge is -2.06. The Bertz CT molecular complexity index is 837. The van der Waals surface area contributed by atoms with Gasteiger partial charge in [-0.2, -0.15) is 9.50 Å². The van der Waals surface area contributed by atoms with E-state index in [0.717, 1.165) is 5.56 Å². The molecule has 0 amide bonds. The van der Waals surface area contributed by atoms with Crippen molar-refractivity contribution in [2.24, 2.45) is 0 Å². The van der Waals surface area contributed by atoms with Crippen LogP contribution >= 0.6 is 0 Å². The van der Waals surface area contributed by atoms with Gasteiger partial charge in [0.1, 0.15) is 0 Å². The van der Waals surface area contributed by atoms with Crippen LogP contribution in [0, 0.1) is 0 Å². The molecule has 120 valence electrons. The number of rotatable bonds is 6. The second-order valence-electron chi connectivity index (χ2n) is 5.67. The van der Waals surface area contributed by atoms with Crippen LogP contribution in [0.25, 0.3) is 5.78 Å². The smallest absolute Gasteiger partial charge is 0.274 e. The quantitative estimate of drug-likeness (QED) is 0.642. The summed E-state index contributed by atoms with van der Waals surface area (Å²) in [5.41, 5.74) is 1.65. The van der Waals surface area contributed by atoms with E-state index in [9.17, 15) is 4.79 Å². The van der Waals surface area contributed by atoms with Gasteiger partial charge in [-0.1, -0.05) is 44.2 Å². The minimum absolute atomic E-state index is 0.171. The van der Waals surface area contributed by atoms with Gasteiger partial charge in [0.05, 0.1) is 5.69 Å². The van der Waals surface area contributed by atoms with Crippen LogP contribution in [0.1, 0.15) is 25.1 Å². The molecule has 3 aromatic rings. The molecule has 0 saturated heterocycles. The average molecular weight is 312 g/mol. The van der Waals surface area contributed by atoms with Gasteiger partial charge >= 0.3 is 0 Å². The fourth-order valence-corrected chi connectivity index (χ4v) is 2.19. The number of fused-ring (bicyclic) bond motifs is 1. The van der Waals surface area contributed by atoms with Crippen molar-refractivity contribution >= 4 is 11.7 Å². The minimum atomic E-state index is -0.171. The van der Waals surface area contributed by atoms with Crippen molar-refractivity contribution in [1.82, 2.24) is 24.9 Å². The van der Waals surface area contributed by atoms with Crippen LogP contribution in [-0.2, 0) is 13.1 Å². The molecule has 0 radical (unpaired) electrons. The van der Waals surface area contributed by atoms with Gasteiger partial charge in [0.2, 0.25) is 5.95 Å². The van der Waals surface area contributed by atoms with Crippen molar-refractivity contribution in [3.8, 4) is 0 Å². The zero-order chi connectivity index (χ0) is 16.2. The molecule has 0 unspecified atom stereocenters. The van der Waals surface area contributed by atoms with Crippen LogP contribution in [0.5, 0.6) is 0 Å². The number of benzene rings is 1. The van der Waals surface area contributed by atoms with Crippen LogP contribution in [0.15, 0.2) is 41.2 Å². The Morgan fingerprint density at radius 3 is 2.70 bits per heavy atom. The predicted molar refractivity (Wildman–Crippen MR) is 89.4 cm³/mol. The van der Waals surface area contributed by atoms with Gasteiger partial charge in [0, 0.05) is 25.2 Å². The predicted octanol–water partition coefficient (Wildman–Crippen LogP) is 1.53. The molecule has 2 aromatic heterocycles. The van der Waals surface area contributed by atoms with E-state index in [2.05, 4.69) is 25.7 Å². The fraction of sp³-hybridized carbons (Fsp3) is 0.312. The number of anilines is 1. The molecule has 7 nitrogen and oxygen atoms in total. The number of nitrogens with zero attached hydrogens (tertiary/aromatic N) is 3. The summed E-state index contributed by atoms with van der Waals surface area (Å²) in [7, 11) is 0. The number of aromatic nitrogens is 4. The first-order valence-corrected chi connectivity index (χ1v) is 7.61. The van der Waals surface area contributed by atoms with Crippen molar-refractivity contribution in [2.45, 2.75) is 33.0 Å². The molecule has 0 saturated carbocycles. The van der Waals surface area contributed by atoms with E-state index in [1.807, 2.05) is 44.2 Å². The third-order valence-corrected chi connectivity index (χ3v) is 3.38. The lowest BCUT2D eigenvalue weighted by molar-refractivity contribution is 0.580. The van der Waals surface area contributed by atoms with Gasteiger partial charge in [0.15, 0.2) is 0 Å². The Kier molecular flexibility index (Phi) is 4.38. The van der Waals surface area contributed by atoms with Crippen LogP contribution in [-0.4, -0.2) is 25.6 Å². The molecule has 23 heavy (non-hydrogen) atoms. The Balaban J connectivity index is 1.78. The van der Waals surface area contributed by atoms with E-state index in [0.29, 0.717) is 36.6 Å². The first-order valence-electron chi connectivity index (χ1n) is 7.61. The maximum absolute atomic E-state index is 12.1. The highest BCUT2D eigenvalue weighted by atomic mass is 16.1. The zero-order valence-corrected chi connectivity index (χ0v) is 13.2. The second-order valence-corrected chi connectivity index (χ2v) is 5.67. The molecule has 1 aromatic carbocycles. The summed E-state index contributed by atoms with van der Waals surface area (Å²) in [5, 5.41) is 9.33. The van der Waals surface area contributed by atoms with E-state index < -0.39 is 0 Å². The standard InChI is InChI=1S/C16H20N6O/c1-11(2)17-10-13-8-14(23)22-16(19-13)20-15(21-22)18-9-12-6-4-3-5-7-12/h3-8,11,17H,9-10H2,1-2H3,(H2,18,19,20,21). The van der Waals surface area contributed by atoms with Crippen LogP contribution in [0.2, 0.25) is 0 Å². The topological polar surface area (TPSA) is 87.1 Å². The first kappa shape index (κ1) is 15.2. The zero-order valence-electron chi connectivity index (χ0n) is 13.2. The number of aromatic amines is 1. The fourth-order valence-electron chi connectivity index (χ4n) is 2.19. The second kappa shape index (κ2) is 6.62. The van der Waals surface area contributed by atoms with E-state index >= 15 is 0 Å². The van der Waals surface area contributed by atoms with Gasteiger partial charge in [-0.15, -0.1) is 0 Å². The monoisotopic (exact) mass is 312 g/mol. The van der Waals surface area contributed by atoms with Gasteiger partial charge < -0.3 is 10.6 Å². The van der Waals surface area contributed by atoms with Gasteiger partial charge in [0.25, 0.3) is 11.3 Å². The number of nitrogens with one attached hydrogen (secondary N) is 3. The number of hydrogen-bond acceptors (Lipinski definition) is 5. The normalized spacial score (nSPS) is 11.3. The summed E-state index contributed by atoms with van der Waals surface area (Å²) in [6.45, 7) is 5.26. The number of H-pyrrole nitrogens is 1. The van der Waals surface area contributed by atoms with Crippen molar-refractivity contribution in [1.29, 1.82) is 0 Å². The third-order valence-electron chi connectivity index (χ3n) is 3.38. The van der Waals surface area contributed by atoms with Crippen molar-refractivity contribution < 1.29 is 0 Å². The molecule has 0 bridgehead atoms. The van der Waals surface area contributed by atoms with Crippen molar-refractivity contribution in [3.63, 3.8) is 0 Å². The SMILES string of the molecule is CC(C)NCc1cc(=O)n2[nH]c(NCc3ccccc3)nc2n1.